The monoisotopic (exact) mass is 385 g/mol. The van der Waals surface area contributed by atoms with Crippen molar-refractivity contribution < 1.29 is 18.7 Å². The van der Waals surface area contributed by atoms with E-state index in [4.69, 9.17) is 9.47 Å². The van der Waals surface area contributed by atoms with Crippen LogP contribution in [0.3, 0.4) is 0 Å². The van der Waals surface area contributed by atoms with Gasteiger partial charge in [0.2, 0.25) is 0 Å². The number of anilines is 1. The van der Waals surface area contributed by atoms with E-state index >= 15 is 0 Å². The number of carbonyl (C=O) groups is 1. The standard InChI is InChI=1S/C21H24FN3O3/c1-15-11-20(25-9-3-4-10-25)19(22)12-16(15)13-23-24-21(26)14-28-18-7-5-17(27-2)6-8-18/h5-8,11-13H,3-4,9-10,14H2,1-2H3,(H,24,26). The molecule has 0 bridgehead atoms. The highest BCUT2D eigenvalue weighted by Gasteiger charge is 2.17. The number of amides is 1. The summed E-state index contributed by atoms with van der Waals surface area (Å²) in [6.45, 7) is 3.49. The number of hydrogen-bond acceptors (Lipinski definition) is 5. The maximum Gasteiger partial charge on any atom is 0.277 e. The molecule has 0 atom stereocenters. The summed E-state index contributed by atoms with van der Waals surface area (Å²) in [6, 6.07) is 10.2. The van der Waals surface area contributed by atoms with Gasteiger partial charge in [0, 0.05) is 18.7 Å². The minimum Gasteiger partial charge on any atom is -0.497 e. The minimum absolute atomic E-state index is 0.176. The molecule has 0 saturated carbocycles. The van der Waals surface area contributed by atoms with Crippen molar-refractivity contribution >= 4 is 17.8 Å². The fraction of sp³-hybridized carbons (Fsp3) is 0.333. The van der Waals surface area contributed by atoms with E-state index in [2.05, 4.69) is 15.4 Å². The summed E-state index contributed by atoms with van der Waals surface area (Å²) in [5.41, 5.74) is 4.54. The maximum atomic E-state index is 14.4. The Morgan fingerprint density at radius 2 is 1.89 bits per heavy atom. The smallest absolute Gasteiger partial charge is 0.277 e. The molecule has 0 aliphatic carbocycles. The number of carbonyl (C=O) groups excluding carboxylic acids is 1. The number of aryl methyl sites for hydroxylation is 1. The van der Waals surface area contributed by atoms with Crippen LogP contribution in [-0.4, -0.2) is 38.9 Å². The third-order valence-electron chi connectivity index (χ3n) is 4.60. The number of rotatable bonds is 7. The lowest BCUT2D eigenvalue weighted by molar-refractivity contribution is -0.123. The molecule has 0 aromatic heterocycles. The van der Waals surface area contributed by atoms with Crippen LogP contribution in [0.15, 0.2) is 41.5 Å². The van der Waals surface area contributed by atoms with Gasteiger partial charge in [-0.25, -0.2) is 9.82 Å². The molecule has 3 rings (SSSR count). The molecule has 1 aliphatic rings. The van der Waals surface area contributed by atoms with Crippen LogP contribution in [0.4, 0.5) is 10.1 Å². The quantitative estimate of drug-likeness (QED) is 0.587. The van der Waals surface area contributed by atoms with Crippen LogP contribution in [0.1, 0.15) is 24.0 Å². The second-order valence-electron chi connectivity index (χ2n) is 6.61. The Kier molecular flexibility index (Phi) is 6.47. The normalized spacial score (nSPS) is 13.8. The summed E-state index contributed by atoms with van der Waals surface area (Å²) < 4.78 is 24.9. The SMILES string of the molecule is COc1ccc(OCC(=O)NN=Cc2cc(F)c(N3CCCC3)cc2C)cc1. The molecule has 0 unspecified atom stereocenters. The second kappa shape index (κ2) is 9.21. The highest BCUT2D eigenvalue weighted by Crippen LogP contribution is 2.26. The molecule has 1 heterocycles. The lowest BCUT2D eigenvalue weighted by Gasteiger charge is -2.19. The number of nitrogens with one attached hydrogen (secondary N) is 1. The van der Waals surface area contributed by atoms with Gasteiger partial charge in [-0.1, -0.05) is 0 Å². The van der Waals surface area contributed by atoms with Gasteiger partial charge >= 0.3 is 0 Å². The Balaban J connectivity index is 1.53. The van der Waals surface area contributed by atoms with Gasteiger partial charge in [0.25, 0.3) is 5.91 Å². The van der Waals surface area contributed by atoms with E-state index in [-0.39, 0.29) is 12.4 Å². The highest BCUT2D eigenvalue weighted by molar-refractivity contribution is 5.85. The zero-order valence-electron chi connectivity index (χ0n) is 16.1. The first-order valence-electron chi connectivity index (χ1n) is 9.20. The van der Waals surface area contributed by atoms with Crippen molar-refractivity contribution in [3.63, 3.8) is 0 Å². The molecule has 1 aliphatic heterocycles. The molecule has 148 valence electrons. The van der Waals surface area contributed by atoms with Crippen molar-refractivity contribution in [3.05, 3.63) is 53.3 Å². The summed E-state index contributed by atoms with van der Waals surface area (Å²) in [5, 5.41) is 3.91. The third-order valence-corrected chi connectivity index (χ3v) is 4.60. The number of methoxy groups -OCH3 is 1. The van der Waals surface area contributed by atoms with E-state index < -0.39 is 5.91 Å². The first-order chi connectivity index (χ1) is 13.6. The molecule has 0 spiro atoms. The third kappa shape index (κ3) is 5.00. The summed E-state index contributed by atoms with van der Waals surface area (Å²) in [6.07, 6.45) is 3.62. The Bertz CT molecular complexity index is 847. The Labute approximate surface area is 163 Å². The average molecular weight is 385 g/mol. The summed E-state index contributed by atoms with van der Waals surface area (Å²) in [5.74, 6) is 0.581. The van der Waals surface area contributed by atoms with Crippen LogP contribution in [0.25, 0.3) is 0 Å². The van der Waals surface area contributed by atoms with Gasteiger partial charge in [0.1, 0.15) is 17.3 Å². The van der Waals surface area contributed by atoms with E-state index in [1.165, 1.54) is 12.3 Å². The van der Waals surface area contributed by atoms with Crippen LogP contribution in [-0.2, 0) is 4.79 Å². The fourth-order valence-electron chi connectivity index (χ4n) is 3.05. The molecular formula is C21H24FN3O3. The van der Waals surface area contributed by atoms with Crippen molar-refractivity contribution in [2.24, 2.45) is 5.10 Å². The lowest BCUT2D eigenvalue weighted by atomic mass is 10.1. The van der Waals surface area contributed by atoms with Crippen LogP contribution in [0.2, 0.25) is 0 Å². The Morgan fingerprint density at radius 1 is 1.21 bits per heavy atom. The molecule has 1 saturated heterocycles. The predicted molar refractivity (Wildman–Crippen MR) is 107 cm³/mol. The maximum absolute atomic E-state index is 14.4. The van der Waals surface area contributed by atoms with E-state index in [0.29, 0.717) is 22.7 Å². The topological polar surface area (TPSA) is 63.2 Å². The summed E-state index contributed by atoms with van der Waals surface area (Å²) in [4.78, 5) is 13.9. The molecule has 1 fully saturated rings. The second-order valence-corrected chi connectivity index (χ2v) is 6.61. The van der Waals surface area contributed by atoms with Gasteiger partial charge in [-0.15, -0.1) is 0 Å². The number of benzene rings is 2. The van der Waals surface area contributed by atoms with Gasteiger partial charge in [0.05, 0.1) is 19.0 Å². The van der Waals surface area contributed by atoms with Gasteiger partial charge in [-0.3, -0.25) is 4.79 Å². The Morgan fingerprint density at radius 3 is 2.57 bits per heavy atom. The fourth-order valence-corrected chi connectivity index (χ4v) is 3.05. The van der Waals surface area contributed by atoms with Gasteiger partial charge in [-0.05, 0) is 61.7 Å². The van der Waals surface area contributed by atoms with Gasteiger partial charge in [0.15, 0.2) is 6.61 Å². The van der Waals surface area contributed by atoms with E-state index in [9.17, 15) is 9.18 Å². The zero-order chi connectivity index (χ0) is 19.9. The highest BCUT2D eigenvalue weighted by atomic mass is 19.1. The first kappa shape index (κ1) is 19.7. The molecule has 2 aromatic rings. The van der Waals surface area contributed by atoms with Crippen LogP contribution >= 0.6 is 0 Å². The minimum atomic E-state index is -0.404. The molecule has 0 radical (unpaired) electrons. The summed E-state index contributed by atoms with van der Waals surface area (Å²) in [7, 11) is 1.58. The van der Waals surface area contributed by atoms with Crippen molar-refractivity contribution in [2.45, 2.75) is 19.8 Å². The van der Waals surface area contributed by atoms with Gasteiger partial charge in [-0.2, -0.15) is 5.10 Å². The molecule has 7 heteroatoms. The predicted octanol–water partition coefficient (Wildman–Crippen LogP) is 3.27. The van der Waals surface area contributed by atoms with Crippen LogP contribution < -0.4 is 19.8 Å². The lowest BCUT2D eigenvalue weighted by Crippen LogP contribution is -2.24. The Hall–Kier alpha value is -3.09. The zero-order valence-corrected chi connectivity index (χ0v) is 16.1. The number of ether oxygens (including phenoxy) is 2. The van der Waals surface area contributed by atoms with E-state index in [0.717, 1.165) is 31.5 Å². The van der Waals surface area contributed by atoms with E-state index in [1.807, 2.05) is 13.0 Å². The van der Waals surface area contributed by atoms with Crippen LogP contribution in [0.5, 0.6) is 11.5 Å². The average Bonchev–Trinajstić information content (AvgIpc) is 3.23. The molecule has 1 amide bonds. The number of nitrogens with zero attached hydrogens (tertiary/aromatic N) is 2. The molecule has 2 aromatic carbocycles. The molecule has 28 heavy (non-hydrogen) atoms. The largest absolute Gasteiger partial charge is 0.497 e. The van der Waals surface area contributed by atoms with Crippen molar-refractivity contribution in [2.75, 3.05) is 31.7 Å². The number of hydrogen-bond donors (Lipinski definition) is 1. The van der Waals surface area contributed by atoms with Crippen molar-refractivity contribution in [1.29, 1.82) is 0 Å². The number of hydrazone groups is 1. The number of halogens is 1. The van der Waals surface area contributed by atoms with Crippen molar-refractivity contribution in [1.82, 2.24) is 5.43 Å². The molecule has 6 nitrogen and oxygen atoms in total. The van der Waals surface area contributed by atoms with Crippen LogP contribution in [0, 0.1) is 12.7 Å². The van der Waals surface area contributed by atoms with Crippen molar-refractivity contribution in [3.8, 4) is 11.5 Å². The van der Waals surface area contributed by atoms with Gasteiger partial charge < -0.3 is 14.4 Å². The van der Waals surface area contributed by atoms with E-state index in [1.54, 1.807) is 31.4 Å². The summed E-state index contributed by atoms with van der Waals surface area (Å²) >= 11 is 0. The molecular weight excluding hydrogens is 361 g/mol. The first-order valence-corrected chi connectivity index (χ1v) is 9.20. The molecule has 1 N–H and O–H groups in total.